The summed E-state index contributed by atoms with van der Waals surface area (Å²) in [4.78, 5) is 31.0. The first-order chi connectivity index (χ1) is 15.1. The van der Waals surface area contributed by atoms with Crippen LogP contribution in [0.4, 0.5) is 5.69 Å². The molecule has 0 spiro atoms. The number of rotatable bonds is 6. The Morgan fingerprint density at radius 3 is 2.52 bits per heavy atom. The highest BCUT2D eigenvalue weighted by Crippen LogP contribution is 2.34. The van der Waals surface area contributed by atoms with Gasteiger partial charge in [-0.15, -0.1) is 22.7 Å². The number of hydrogen-bond donors (Lipinski definition) is 2. The number of thiazole rings is 1. The number of hydrogen-bond acceptors (Lipinski definition) is 5. The standard InChI is InChI=1S/C24H21N3O2S2/c1-14(15-8-10-17(11-9-15)26-22(28)16-6-7-16)25-23(29)20-12-13-21(30-20)24-27-18-4-2-3-5-19(18)31-24/h2-5,8-14,16H,6-7H2,1H3,(H,25,29)(H,26,28). The highest BCUT2D eigenvalue weighted by atomic mass is 32.1. The number of aromatic nitrogens is 1. The average Bonchev–Trinajstić information content (AvgIpc) is 3.35. The van der Waals surface area contributed by atoms with Crippen molar-refractivity contribution in [1.29, 1.82) is 0 Å². The summed E-state index contributed by atoms with van der Waals surface area (Å²) in [5, 5.41) is 6.93. The maximum atomic E-state index is 12.8. The Morgan fingerprint density at radius 2 is 1.77 bits per heavy atom. The molecule has 2 aromatic heterocycles. The van der Waals surface area contributed by atoms with E-state index >= 15 is 0 Å². The van der Waals surface area contributed by atoms with Gasteiger partial charge in [-0.1, -0.05) is 24.3 Å². The van der Waals surface area contributed by atoms with Gasteiger partial charge in [0.2, 0.25) is 5.91 Å². The van der Waals surface area contributed by atoms with E-state index in [4.69, 9.17) is 0 Å². The minimum Gasteiger partial charge on any atom is -0.345 e. The summed E-state index contributed by atoms with van der Waals surface area (Å²) < 4.78 is 1.14. The number of para-hydroxylation sites is 1. The zero-order chi connectivity index (χ0) is 21.4. The molecule has 1 aliphatic carbocycles. The van der Waals surface area contributed by atoms with Gasteiger partial charge < -0.3 is 10.6 Å². The van der Waals surface area contributed by atoms with Crippen LogP contribution in [0.25, 0.3) is 20.1 Å². The Bertz CT molecular complexity index is 1220. The van der Waals surface area contributed by atoms with Crippen LogP contribution in [0, 0.1) is 5.92 Å². The molecule has 5 nitrogen and oxygen atoms in total. The minimum absolute atomic E-state index is 0.0933. The van der Waals surface area contributed by atoms with Crippen molar-refractivity contribution in [2.45, 2.75) is 25.8 Å². The van der Waals surface area contributed by atoms with Gasteiger partial charge in [0.1, 0.15) is 5.01 Å². The zero-order valence-electron chi connectivity index (χ0n) is 16.9. The summed E-state index contributed by atoms with van der Waals surface area (Å²) in [6.07, 6.45) is 1.97. The second kappa shape index (κ2) is 8.24. The van der Waals surface area contributed by atoms with Crippen LogP contribution < -0.4 is 10.6 Å². The summed E-state index contributed by atoms with van der Waals surface area (Å²) in [6, 6.07) is 19.4. The molecule has 4 aromatic rings. The van der Waals surface area contributed by atoms with Crippen LogP contribution >= 0.6 is 22.7 Å². The van der Waals surface area contributed by atoms with Gasteiger partial charge in [0.05, 0.1) is 26.0 Å². The van der Waals surface area contributed by atoms with E-state index in [1.54, 1.807) is 11.3 Å². The summed E-state index contributed by atoms with van der Waals surface area (Å²) >= 11 is 3.09. The Labute approximate surface area is 188 Å². The van der Waals surface area contributed by atoms with Crippen LogP contribution in [0.1, 0.15) is 41.0 Å². The van der Waals surface area contributed by atoms with E-state index in [2.05, 4.69) is 21.7 Å². The smallest absolute Gasteiger partial charge is 0.261 e. The van der Waals surface area contributed by atoms with Crippen LogP contribution in [0.3, 0.4) is 0 Å². The van der Waals surface area contributed by atoms with E-state index in [0.717, 1.165) is 44.2 Å². The highest BCUT2D eigenvalue weighted by Gasteiger charge is 2.29. The van der Waals surface area contributed by atoms with Gasteiger partial charge >= 0.3 is 0 Å². The van der Waals surface area contributed by atoms with Crippen LogP contribution in [0.15, 0.2) is 60.7 Å². The molecule has 31 heavy (non-hydrogen) atoms. The molecule has 0 bridgehead atoms. The third-order valence-corrected chi connectivity index (χ3v) is 7.60. The number of amides is 2. The van der Waals surface area contributed by atoms with Crippen molar-refractivity contribution < 1.29 is 9.59 Å². The number of nitrogens with zero attached hydrogens (tertiary/aromatic N) is 1. The fraction of sp³-hybridized carbons (Fsp3) is 0.208. The molecule has 1 unspecified atom stereocenters. The largest absolute Gasteiger partial charge is 0.345 e. The summed E-state index contributed by atoms with van der Waals surface area (Å²) in [5.74, 6) is 0.169. The molecule has 0 aliphatic heterocycles. The molecular weight excluding hydrogens is 426 g/mol. The normalized spacial score (nSPS) is 14.4. The monoisotopic (exact) mass is 447 g/mol. The fourth-order valence-corrected chi connectivity index (χ4v) is 5.28. The maximum absolute atomic E-state index is 12.8. The molecule has 5 rings (SSSR count). The van der Waals surface area contributed by atoms with Crippen molar-refractivity contribution >= 4 is 50.4 Å². The van der Waals surface area contributed by atoms with Crippen LogP contribution in [0.5, 0.6) is 0 Å². The predicted molar refractivity (Wildman–Crippen MR) is 127 cm³/mol. The van der Waals surface area contributed by atoms with Crippen molar-refractivity contribution in [3.63, 3.8) is 0 Å². The molecule has 0 saturated heterocycles. The lowest BCUT2D eigenvalue weighted by Crippen LogP contribution is -2.25. The topological polar surface area (TPSA) is 71.1 Å². The molecule has 2 aromatic carbocycles. The van der Waals surface area contributed by atoms with Crippen LogP contribution in [0.2, 0.25) is 0 Å². The summed E-state index contributed by atoms with van der Waals surface area (Å²) in [5.41, 5.74) is 2.76. The molecule has 156 valence electrons. The lowest BCUT2D eigenvalue weighted by atomic mass is 10.1. The third kappa shape index (κ3) is 4.38. The number of thiophene rings is 1. The van der Waals surface area contributed by atoms with Crippen molar-refractivity contribution in [3.8, 4) is 9.88 Å². The number of carbonyl (C=O) groups is 2. The van der Waals surface area contributed by atoms with Crippen LogP contribution in [-0.2, 0) is 4.79 Å². The molecule has 2 N–H and O–H groups in total. The average molecular weight is 448 g/mol. The van der Waals surface area contributed by atoms with Gasteiger partial charge in [0.25, 0.3) is 5.91 Å². The molecule has 2 amide bonds. The van der Waals surface area contributed by atoms with Gasteiger partial charge in [-0.2, -0.15) is 0 Å². The summed E-state index contributed by atoms with van der Waals surface area (Å²) in [7, 11) is 0. The van der Waals surface area contributed by atoms with E-state index in [9.17, 15) is 9.59 Å². The van der Waals surface area contributed by atoms with E-state index in [0.29, 0.717) is 4.88 Å². The second-order valence-electron chi connectivity index (χ2n) is 7.73. The molecular formula is C24H21N3O2S2. The predicted octanol–water partition coefficient (Wildman–Crippen LogP) is 5.86. The Morgan fingerprint density at radius 1 is 1.00 bits per heavy atom. The zero-order valence-corrected chi connectivity index (χ0v) is 18.6. The highest BCUT2D eigenvalue weighted by molar-refractivity contribution is 7.26. The lowest BCUT2D eigenvalue weighted by molar-refractivity contribution is -0.117. The molecule has 7 heteroatoms. The van der Waals surface area contributed by atoms with Crippen molar-refractivity contribution in [3.05, 3.63) is 71.1 Å². The van der Waals surface area contributed by atoms with Gasteiger partial charge in [-0.3, -0.25) is 9.59 Å². The van der Waals surface area contributed by atoms with Crippen molar-refractivity contribution in [2.24, 2.45) is 5.92 Å². The molecule has 0 radical (unpaired) electrons. The lowest BCUT2D eigenvalue weighted by Gasteiger charge is -2.14. The molecule has 1 fully saturated rings. The first kappa shape index (κ1) is 19.9. The third-order valence-electron chi connectivity index (χ3n) is 5.31. The van der Waals surface area contributed by atoms with Gasteiger partial charge in [-0.25, -0.2) is 4.98 Å². The van der Waals surface area contributed by atoms with Gasteiger partial charge in [-0.05, 0) is 61.7 Å². The van der Waals surface area contributed by atoms with Crippen molar-refractivity contribution in [2.75, 3.05) is 5.32 Å². The maximum Gasteiger partial charge on any atom is 0.261 e. The van der Waals surface area contributed by atoms with E-state index in [1.807, 2.05) is 61.5 Å². The fourth-order valence-electron chi connectivity index (χ4n) is 3.35. The van der Waals surface area contributed by atoms with Gasteiger partial charge in [0.15, 0.2) is 0 Å². The molecule has 1 atom stereocenters. The first-order valence-corrected chi connectivity index (χ1v) is 11.9. The molecule has 1 aliphatic rings. The number of fused-ring (bicyclic) bond motifs is 1. The number of nitrogens with one attached hydrogen (secondary N) is 2. The van der Waals surface area contributed by atoms with E-state index in [1.165, 1.54) is 11.3 Å². The van der Waals surface area contributed by atoms with Gasteiger partial charge in [0, 0.05) is 11.6 Å². The number of carbonyl (C=O) groups excluding carboxylic acids is 2. The van der Waals surface area contributed by atoms with Crippen molar-refractivity contribution in [1.82, 2.24) is 10.3 Å². The molecule has 2 heterocycles. The first-order valence-electron chi connectivity index (χ1n) is 10.2. The number of benzene rings is 2. The minimum atomic E-state index is -0.145. The van der Waals surface area contributed by atoms with E-state index < -0.39 is 0 Å². The quantitative estimate of drug-likeness (QED) is 0.389. The Balaban J connectivity index is 1.24. The summed E-state index contributed by atoms with van der Waals surface area (Å²) in [6.45, 7) is 1.96. The SMILES string of the molecule is CC(NC(=O)c1ccc(-c2nc3ccccc3s2)s1)c1ccc(NC(=O)C2CC2)cc1. The second-order valence-corrected chi connectivity index (χ2v) is 9.85. The number of anilines is 1. The van der Waals surface area contributed by atoms with Crippen LogP contribution in [-0.4, -0.2) is 16.8 Å². The molecule has 1 saturated carbocycles. The Hall–Kier alpha value is -3.03. The van der Waals surface area contributed by atoms with E-state index in [-0.39, 0.29) is 23.8 Å². The Kier molecular flexibility index (Phi) is 5.29.